The molecule has 0 bridgehead atoms. The second-order valence-corrected chi connectivity index (χ2v) is 6.93. The van der Waals surface area contributed by atoms with E-state index < -0.39 is 0 Å². The summed E-state index contributed by atoms with van der Waals surface area (Å²) in [6, 6.07) is 12.6. The van der Waals surface area contributed by atoms with Crippen LogP contribution in [0.2, 0.25) is 0 Å². The molecule has 1 aliphatic rings. The third-order valence-corrected chi connectivity index (χ3v) is 5.08. The number of amides is 1. The first-order chi connectivity index (χ1) is 11.6. The zero-order chi connectivity index (χ0) is 17.1. The Hall–Kier alpha value is -2.10. The summed E-state index contributed by atoms with van der Waals surface area (Å²) in [5.41, 5.74) is 3.11. The number of carbonyl (C=O) groups is 1. The highest BCUT2D eigenvalue weighted by atomic mass is 16.2. The van der Waals surface area contributed by atoms with Gasteiger partial charge in [-0.1, -0.05) is 50.6 Å². The van der Waals surface area contributed by atoms with Gasteiger partial charge in [-0.2, -0.15) is 5.10 Å². The fourth-order valence-electron chi connectivity index (χ4n) is 3.79. The van der Waals surface area contributed by atoms with Crippen LogP contribution < -0.4 is 0 Å². The van der Waals surface area contributed by atoms with E-state index >= 15 is 0 Å². The predicted molar refractivity (Wildman–Crippen MR) is 96.1 cm³/mol. The molecular weight excluding hydrogens is 298 g/mol. The highest BCUT2D eigenvalue weighted by Crippen LogP contribution is 2.33. The molecule has 1 aromatic heterocycles. The minimum absolute atomic E-state index is 0.116. The minimum atomic E-state index is 0.116. The average molecular weight is 325 g/mol. The minimum Gasteiger partial charge on any atom is -0.337 e. The van der Waals surface area contributed by atoms with Gasteiger partial charge in [0.25, 0.3) is 5.91 Å². The summed E-state index contributed by atoms with van der Waals surface area (Å²) in [7, 11) is 1.87. The zero-order valence-corrected chi connectivity index (χ0v) is 14.9. The fourth-order valence-corrected chi connectivity index (χ4v) is 3.79. The molecule has 1 fully saturated rings. The lowest BCUT2D eigenvalue weighted by atomic mass is 9.81. The van der Waals surface area contributed by atoms with Gasteiger partial charge in [0.15, 0.2) is 0 Å². The van der Waals surface area contributed by atoms with E-state index in [1.807, 2.05) is 18.0 Å². The van der Waals surface area contributed by atoms with E-state index in [0.717, 1.165) is 38.0 Å². The molecule has 0 saturated carbocycles. The van der Waals surface area contributed by atoms with Gasteiger partial charge in [-0.25, -0.2) is 0 Å². The lowest BCUT2D eigenvalue weighted by Gasteiger charge is -2.37. The van der Waals surface area contributed by atoms with E-state index in [4.69, 9.17) is 0 Å². The predicted octanol–water partition coefficient (Wildman–Crippen LogP) is 3.64. The second kappa shape index (κ2) is 7.20. The van der Waals surface area contributed by atoms with Crippen LogP contribution in [0.1, 0.15) is 54.4 Å². The van der Waals surface area contributed by atoms with Crippen molar-refractivity contribution >= 4 is 5.91 Å². The Kier molecular flexibility index (Phi) is 5.03. The highest BCUT2D eigenvalue weighted by Gasteiger charge is 2.31. The summed E-state index contributed by atoms with van der Waals surface area (Å²) in [5.74, 6) is 1.12. The molecule has 24 heavy (non-hydrogen) atoms. The molecule has 0 radical (unpaired) electrons. The van der Waals surface area contributed by atoms with Crippen molar-refractivity contribution in [2.24, 2.45) is 13.0 Å². The van der Waals surface area contributed by atoms with E-state index in [1.165, 1.54) is 5.56 Å². The SMILES string of the molecule is CCCc1cc(C(=O)N2CC[C@@H](c3ccccc3)[C@H](C)C2)n(C)n1. The Balaban J connectivity index is 1.70. The van der Waals surface area contributed by atoms with Gasteiger partial charge in [-0.15, -0.1) is 0 Å². The van der Waals surface area contributed by atoms with Crippen LogP contribution in [-0.4, -0.2) is 33.7 Å². The number of piperidine rings is 1. The van der Waals surface area contributed by atoms with Gasteiger partial charge in [-0.05, 0) is 36.3 Å². The number of rotatable bonds is 4. The van der Waals surface area contributed by atoms with E-state index in [-0.39, 0.29) is 5.91 Å². The van der Waals surface area contributed by atoms with Gasteiger partial charge in [0.2, 0.25) is 0 Å². The fraction of sp³-hybridized carbons (Fsp3) is 0.500. The smallest absolute Gasteiger partial charge is 0.272 e. The Morgan fingerprint density at radius 1 is 1.29 bits per heavy atom. The molecule has 0 aliphatic carbocycles. The third-order valence-electron chi connectivity index (χ3n) is 5.08. The molecule has 2 aromatic rings. The van der Waals surface area contributed by atoms with Crippen molar-refractivity contribution < 1.29 is 4.79 Å². The maximum absolute atomic E-state index is 12.9. The van der Waals surface area contributed by atoms with Gasteiger partial charge >= 0.3 is 0 Å². The van der Waals surface area contributed by atoms with Crippen molar-refractivity contribution in [3.63, 3.8) is 0 Å². The molecule has 0 N–H and O–H groups in total. The summed E-state index contributed by atoms with van der Waals surface area (Å²) < 4.78 is 1.74. The van der Waals surface area contributed by atoms with Crippen LogP contribution in [0.4, 0.5) is 0 Å². The Bertz CT molecular complexity index is 692. The van der Waals surface area contributed by atoms with Gasteiger partial charge in [-0.3, -0.25) is 9.48 Å². The standard InChI is InChI=1S/C20H27N3O/c1-4-8-17-13-19(22(3)21-17)20(24)23-12-11-18(15(2)14-23)16-9-6-5-7-10-16/h5-7,9-10,13,15,18H,4,8,11-12,14H2,1-3H3/t15-,18-/m1/s1. The van der Waals surface area contributed by atoms with Crippen LogP contribution in [0.15, 0.2) is 36.4 Å². The normalized spacial score (nSPS) is 21.0. The molecule has 1 aromatic carbocycles. The lowest BCUT2D eigenvalue weighted by Crippen LogP contribution is -2.42. The number of aryl methyl sites for hydroxylation is 2. The van der Waals surface area contributed by atoms with Crippen molar-refractivity contribution in [1.29, 1.82) is 0 Å². The van der Waals surface area contributed by atoms with Gasteiger partial charge < -0.3 is 4.90 Å². The number of benzene rings is 1. The molecule has 1 aliphatic heterocycles. The van der Waals surface area contributed by atoms with Gasteiger partial charge in [0.05, 0.1) is 5.69 Å². The molecule has 2 atom stereocenters. The van der Waals surface area contributed by atoms with E-state index in [0.29, 0.717) is 17.5 Å². The maximum atomic E-state index is 12.9. The lowest BCUT2D eigenvalue weighted by molar-refractivity contribution is 0.0649. The summed E-state index contributed by atoms with van der Waals surface area (Å²) in [4.78, 5) is 14.9. The first-order valence-corrected chi connectivity index (χ1v) is 8.97. The number of hydrogen-bond acceptors (Lipinski definition) is 2. The summed E-state index contributed by atoms with van der Waals surface area (Å²) in [6.45, 7) is 6.01. The summed E-state index contributed by atoms with van der Waals surface area (Å²) in [6.07, 6.45) is 2.99. The zero-order valence-electron chi connectivity index (χ0n) is 14.9. The van der Waals surface area contributed by atoms with Crippen LogP contribution in [0.3, 0.4) is 0 Å². The van der Waals surface area contributed by atoms with Crippen molar-refractivity contribution in [3.8, 4) is 0 Å². The highest BCUT2D eigenvalue weighted by molar-refractivity contribution is 5.92. The molecule has 128 valence electrons. The van der Waals surface area contributed by atoms with Gasteiger partial charge in [0.1, 0.15) is 5.69 Å². The van der Waals surface area contributed by atoms with Crippen LogP contribution in [0.25, 0.3) is 0 Å². The quantitative estimate of drug-likeness (QED) is 0.861. The van der Waals surface area contributed by atoms with Crippen LogP contribution in [0.5, 0.6) is 0 Å². The number of nitrogens with zero attached hydrogens (tertiary/aromatic N) is 3. The number of likely N-dealkylation sites (tertiary alicyclic amines) is 1. The first-order valence-electron chi connectivity index (χ1n) is 8.97. The van der Waals surface area contributed by atoms with E-state index in [1.54, 1.807) is 4.68 Å². The van der Waals surface area contributed by atoms with E-state index in [9.17, 15) is 4.79 Å². The van der Waals surface area contributed by atoms with Crippen molar-refractivity contribution in [1.82, 2.24) is 14.7 Å². The molecule has 4 heteroatoms. The third kappa shape index (κ3) is 3.37. The molecule has 3 rings (SSSR count). The molecule has 1 saturated heterocycles. The molecule has 0 spiro atoms. The number of aromatic nitrogens is 2. The molecule has 2 heterocycles. The Morgan fingerprint density at radius 3 is 2.71 bits per heavy atom. The van der Waals surface area contributed by atoms with Crippen molar-refractivity contribution in [2.75, 3.05) is 13.1 Å². The van der Waals surface area contributed by atoms with Crippen molar-refractivity contribution in [3.05, 3.63) is 53.3 Å². The Labute approximate surface area is 144 Å². The average Bonchev–Trinajstić information content (AvgIpc) is 2.95. The second-order valence-electron chi connectivity index (χ2n) is 6.93. The van der Waals surface area contributed by atoms with Crippen LogP contribution >= 0.6 is 0 Å². The first kappa shape index (κ1) is 16.7. The van der Waals surface area contributed by atoms with E-state index in [2.05, 4.69) is 49.3 Å². The molecular formula is C20H27N3O. The maximum Gasteiger partial charge on any atom is 0.272 e. The Morgan fingerprint density at radius 2 is 2.04 bits per heavy atom. The molecule has 1 amide bonds. The number of carbonyl (C=O) groups excluding carboxylic acids is 1. The monoisotopic (exact) mass is 325 g/mol. The number of hydrogen-bond donors (Lipinski definition) is 0. The largest absolute Gasteiger partial charge is 0.337 e. The van der Waals surface area contributed by atoms with Gasteiger partial charge in [0, 0.05) is 20.1 Å². The molecule has 0 unspecified atom stereocenters. The topological polar surface area (TPSA) is 38.1 Å². The molecule has 4 nitrogen and oxygen atoms in total. The van der Waals surface area contributed by atoms with Crippen molar-refractivity contribution in [2.45, 2.75) is 39.0 Å². The summed E-state index contributed by atoms with van der Waals surface area (Å²) in [5, 5.41) is 4.47. The summed E-state index contributed by atoms with van der Waals surface area (Å²) >= 11 is 0. The van der Waals surface area contributed by atoms with Crippen LogP contribution in [-0.2, 0) is 13.5 Å². The van der Waals surface area contributed by atoms with Crippen LogP contribution in [0, 0.1) is 5.92 Å².